The van der Waals surface area contributed by atoms with Gasteiger partial charge in [-0.05, 0) is 31.5 Å². The lowest BCUT2D eigenvalue weighted by molar-refractivity contribution is 0.193. The molecule has 2 aromatic rings. The van der Waals surface area contributed by atoms with Gasteiger partial charge in [-0.25, -0.2) is 4.79 Å². The Morgan fingerprint density at radius 2 is 1.67 bits per heavy atom. The Bertz CT molecular complexity index is 624. The smallest absolute Gasteiger partial charge is 0.344 e. The average Bonchev–Trinajstić information content (AvgIpc) is 2.94. The van der Waals surface area contributed by atoms with Gasteiger partial charge in [0.15, 0.2) is 0 Å². The Morgan fingerprint density at radius 1 is 1.00 bits per heavy atom. The van der Waals surface area contributed by atoms with Crippen LogP contribution in [0.3, 0.4) is 0 Å². The minimum absolute atomic E-state index is 0.0355. The molecule has 0 saturated carbocycles. The molecule has 0 unspecified atom stereocenters. The monoisotopic (exact) mass is 284 g/mol. The lowest BCUT2D eigenvalue weighted by atomic mass is 10.2. The molecule has 1 saturated heterocycles. The average molecular weight is 284 g/mol. The van der Waals surface area contributed by atoms with Crippen molar-refractivity contribution < 1.29 is 4.79 Å². The molecular formula is C16H20N4O. The van der Waals surface area contributed by atoms with Crippen molar-refractivity contribution in [3.8, 4) is 0 Å². The molecule has 0 bridgehead atoms. The highest BCUT2D eigenvalue weighted by atomic mass is 16.2. The highest BCUT2D eigenvalue weighted by Crippen LogP contribution is 2.17. The van der Waals surface area contributed by atoms with E-state index in [-0.39, 0.29) is 6.03 Å². The zero-order valence-corrected chi connectivity index (χ0v) is 12.5. The second kappa shape index (κ2) is 5.60. The number of amides is 1. The van der Waals surface area contributed by atoms with E-state index in [2.05, 4.69) is 41.2 Å². The maximum absolute atomic E-state index is 12.3. The fraction of sp³-hybridized carbons (Fsp3) is 0.375. The van der Waals surface area contributed by atoms with Crippen LogP contribution in [0.25, 0.3) is 0 Å². The topological polar surface area (TPSA) is 41.4 Å². The quantitative estimate of drug-likeness (QED) is 0.807. The summed E-state index contributed by atoms with van der Waals surface area (Å²) in [6.45, 7) is 7.19. The number of anilines is 1. The number of aromatic nitrogens is 2. The van der Waals surface area contributed by atoms with Crippen LogP contribution in [0.4, 0.5) is 10.5 Å². The first-order chi connectivity index (χ1) is 10.1. The third-order valence-electron chi connectivity index (χ3n) is 3.86. The number of benzene rings is 1. The first kappa shape index (κ1) is 13.7. The lowest BCUT2D eigenvalue weighted by Crippen LogP contribution is -2.50. The Labute approximate surface area is 124 Å². The fourth-order valence-electron chi connectivity index (χ4n) is 2.57. The molecule has 1 aliphatic rings. The number of carbonyl (C=O) groups is 1. The van der Waals surface area contributed by atoms with E-state index >= 15 is 0 Å². The van der Waals surface area contributed by atoms with E-state index in [1.165, 1.54) is 15.9 Å². The van der Waals surface area contributed by atoms with Crippen molar-refractivity contribution in [1.29, 1.82) is 0 Å². The summed E-state index contributed by atoms with van der Waals surface area (Å²) in [6.07, 6.45) is 3.48. The van der Waals surface area contributed by atoms with Crippen molar-refractivity contribution in [1.82, 2.24) is 14.7 Å². The van der Waals surface area contributed by atoms with Gasteiger partial charge in [0.05, 0.1) is 6.20 Å². The number of piperazine rings is 1. The minimum Gasteiger partial charge on any atom is -0.368 e. The molecule has 1 aromatic heterocycles. The van der Waals surface area contributed by atoms with Gasteiger partial charge in [-0.15, -0.1) is 0 Å². The highest BCUT2D eigenvalue weighted by molar-refractivity contribution is 5.76. The van der Waals surface area contributed by atoms with E-state index < -0.39 is 0 Å². The van der Waals surface area contributed by atoms with Gasteiger partial charge in [0, 0.05) is 38.1 Å². The molecule has 1 aliphatic heterocycles. The van der Waals surface area contributed by atoms with Gasteiger partial charge >= 0.3 is 6.03 Å². The molecule has 5 heteroatoms. The zero-order valence-electron chi connectivity index (χ0n) is 12.5. The van der Waals surface area contributed by atoms with Crippen LogP contribution >= 0.6 is 0 Å². The van der Waals surface area contributed by atoms with Crippen LogP contribution in [0.15, 0.2) is 36.7 Å². The van der Waals surface area contributed by atoms with Crippen LogP contribution in [0.1, 0.15) is 11.1 Å². The number of rotatable bonds is 1. The van der Waals surface area contributed by atoms with Gasteiger partial charge < -0.3 is 9.80 Å². The Morgan fingerprint density at radius 3 is 2.24 bits per heavy atom. The molecule has 0 atom stereocenters. The first-order valence-electron chi connectivity index (χ1n) is 7.25. The predicted molar refractivity (Wildman–Crippen MR) is 82.7 cm³/mol. The maximum Gasteiger partial charge on any atom is 0.344 e. The molecule has 1 amide bonds. The van der Waals surface area contributed by atoms with Crippen molar-refractivity contribution >= 4 is 11.7 Å². The largest absolute Gasteiger partial charge is 0.368 e. The molecule has 110 valence electrons. The van der Waals surface area contributed by atoms with Crippen LogP contribution in [0, 0.1) is 13.8 Å². The van der Waals surface area contributed by atoms with Gasteiger partial charge in [-0.1, -0.05) is 17.7 Å². The third-order valence-corrected chi connectivity index (χ3v) is 3.86. The number of hydrogen-bond donors (Lipinski definition) is 0. The van der Waals surface area contributed by atoms with Gasteiger partial charge in [0.25, 0.3) is 0 Å². The van der Waals surface area contributed by atoms with E-state index in [1.807, 2.05) is 11.8 Å². The standard InChI is InChI=1S/C16H20N4O/c1-13-3-5-15(6-4-13)18-7-9-19(10-8-18)16(21)20-12-14(2)11-17-20/h3-6,11-12H,7-10H2,1-2H3. The molecule has 0 aliphatic carbocycles. The molecular weight excluding hydrogens is 264 g/mol. The van der Waals surface area contributed by atoms with Gasteiger partial charge in [0.2, 0.25) is 0 Å². The second-order valence-electron chi connectivity index (χ2n) is 5.55. The first-order valence-corrected chi connectivity index (χ1v) is 7.25. The Kier molecular flexibility index (Phi) is 3.64. The summed E-state index contributed by atoms with van der Waals surface area (Å²) in [4.78, 5) is 16.5. The van der Waals surface area contributed by atoms with E-state index in [4.69, 9.17) is 0 Å². The predicted octanol–water partition coefficient (Wildman–Crippen LogP) is 2.29. The number of carbonyl (C=O) groups excluding carboxylic acids is 1. The van der Waals surface area contributed by atoms with Gasteiger partial charge in [-0.2, -0.15) is 9.78 Å². The summed E-state index contributed by atoms with van der Waals surface area (Å²) in [6, 6.07) is 8.50. The molecule has 0 spiro atoms. The normalized spacial score (nSPS) is 15.3. The molecule has 5 nitrogen and oxygen atoms in total. The van der Waals surface area contributed by atoms with Gasteiger partial charge in [-0.3, -0.25) is 0 Å². The van der Waals surface area contributed by atoms with Crippen LogP contribution in [-0.4, -0.2) is 46.9 Å². The van der Waals surface area contributed by atoms with Gasteiger partial charge in [0.1, 0.15) is 0 Å². The summed E-state index contributed by atoms with van der Waals surface area (Å²) in [7, 11) is 0. The van der Waals surface area contributed by atoms with Crippen LogP contribution in [-0.2, 0) is 0 Å². The number of hydrogen-bond acceptors (Lipinski definition) is 3. The highest BCUT2D eigenvalue weighted by Gasteiger charge is 2.22. The lowest BCUT2D eigenvalue weighted by Gasteiger charge is -2.35. The second-order valence-corrected chi connectivity index (χ2v) is 5.55. The van der Waals surface area contributed by atoms with Crippen molar-refractivity contribution in [2.75, 3.05) is 31.1 Å². The third kappa shape index (κ3) is 2.91. The Hall–Kier alpha value is -2.30. The van der Waals surface area contributed by atoms with Crippen molar-refractivity contribution in [2.45, 2.75) is 13.8 Å². The van der Waals surface area contributed by atoms with Crippen LogP contribution in [0.5, 0.6) is 0 Å². The van der Waals surface area contributed by atoms with Crippen molar-refractivity contribution in [3.05, 3.63) is 47.8 Å². The molecule has 1 aromatic carbocycles. The van der Waals surface area contributed by atoms with E-state index in [0.29, 0.717) is 0 Å². The van der Waals surface area contributed by atoms with E-state index in [1.54, 1.807) is 12.4 Å². The van der Waals surface area contributed by atoms with Crippen LogP contribution in [0.2, 0.25) is 0 Å². The SMILES string of the molecule is Cc1ccc(N2CCN(C(=O)n3cc(C)cn3)CC2)cc1. The summed E-state index contributed by atoms with van der Waals surface area (Å²) in [5.41, 5.74) is 3.49. The number of aryl methyl sites for hydroxylation is 2. The summed E-state index contributed by atoms with van der Waals surface area (Å²) >= 11 is 0. The maximum atomic E-state index is 12.3. The molecule has 0 radical (unpaired) electrons. The molecule has 1 fully saturated rings. The van der Waals surface area contributed by atoms with E-state index in [0.717, 1.165) is 31.7 Å². The molecule has 2 heterocycles. The number of nitrogens with zero attached hydrogens (tertiary/aromatic N) is 4. The zero-order chi connectivity index (χ0) is 14.8. The fourth-order valence-corrected chi connectivity index (χ4v) is 2.57. The van der Waals surface area contributed by atoms with Crippen molar-refractivity contribution in [2.24, 2.45) is 0 Å². The van der Waals surface area contributed by atoms with Crippen LogP contribution < -0.4 is 4.90 Å². The molecule has 3 rings (SSSR count). The molecule has 21 heavy (non-hydrogen) atoms. The Balaban J connectivity index is 1.62. The van der Waals surface area contributed by atoms with Crippen molar-refractivity contribution in [3.63, 3.8) is 0 Å². The minimum atomic E-state index is -0.0355. The summed E-state index contributed by atoms with van der Waals surface area (Å²) in [5.74, 6) is 0. The molecule has 0 N–H and O–H groups in total. The van der Waals surface area contributed by atoms with E-state index in [9.17, 15) is 4.79 Å². The summed E-state index contributed by atoms with van der Waals surface area (Å²) in [5, 5.41) is 4.09. The summed E-state index contributed by atoms with van der Waals surface area (Å²) < 4.78 is 1.43.